The number of anilines is 1. The van der Waals surface area contributed by atoms with Crippen molar-refractivity contribution in [3.63, 3.8) is 0 Å². The fraction of sp³-hybridized carbons (Fsp3) is 0.333. The minimum absolute atomic E-state index is 0.0485. The van der Waals surface area contributed by atoms with Gasteiger partial charge in [0.1, 0.15) is 5.82 Å². The standard InChI is InChI=1S/C24H25N3O3S/c1-17(18-7-8-20-21(16-18)30-14-4-13-29-20)15-23(28)26-9-11-27(12-10-26)24-19-5-2-3-6-22(19)31-25-24/h2-3,5-8,15-16H,4,9-14H2,1H3. The van der Waals surface area contributed by atoms with Crippen LogP contribution in [0.15, 0.2) is 48.5 Å². The topological polar surface area (TPSA) is 54.9 Å². The van der Waals surface area contributed by atoms with Gasteiger partial charge in [-0.1, -0.05) is 18.2 Å². The lowest BCUT2D eigenvalue weighted by atomic mass is 10.1. The molecule has 5 rings (SSSR count). The minimum Gasteiger partial charge on any atom is -0.490 e. The van der Waals surface area contributed by atoms with Gasteiger partial charge in [0, 0.05) is 44.1 Å². The maximum Gasteiger partial charge on any atom is 0.246 e. The SMILES string of the molecule is CC(=CC(=O)N1CCN(c2nsc3ccccc23)CC1)c1ccc2c(c1)OCCCO2. The van der Waals surface area contributed by atoms with E-state index in [2.05, 4.69) is 21.4 Å². The third-order valence-electron chi connectivity index (χ3n) is 5.79. The molecule has 1 aromatic heterocycles. The molecule has 0 unspecified atom stereocenters. The summed E-state index contributed by atoms with van der Waals surface area (Å²) in [6, 6.07) is 14.2. The fourth-order valence-corrected chi connectivity index (χ4v) is 4.80. The van der Waals surface area contributed by atoms with E-state index in [1.807, 2.05) is 42.2 Å². The smallest absolute Gasteiger partial charge is 0.246 e. The lowest BCUT2D eigenvalue weighted by Crippen LogP contribution is -2.48. The highest BCUT2D eigenvalue weighted by atomic mass is 32.1. The van der Waals surface area contributed by atoms with Crippen LogP contribution in [0.3, 0.4) is 0 Å². The molecule has 0 bridgehead atoms. The van der Waals surface area contributed by atoms with Gasteiger partial charge in [0.25, 0.3) is 0 Å². The number of hydrogen-bond acceptors (Lipinski definition) is 6. The summed E-state index contributed by atoms with van der Waals surface area (Å²) < 4.78 is 17.3. The van der Waals surface area contributed by atoms with Crippen LogP contribution in [-0.4, -0.2) is 54.6 Å². The van der Waals surface area contributed by atoms with E-state index in [0.717, 1.165) is 48.0 Å². The molecule has 2 aromatic carbocycles. The molecule has 0 aliphatic carbocycles. The van der Waals surface area contributed by atoms with Gasteiger partial charge in [-0.2, -0.15) is 4.37 Å². The first-order valence-corrected chi connectivity index (χ1v) is 11.4. The van der Waals surface area contributed by atoms with Crippen molar-refractivity contribution in [2.24, 2.45) is 0 Å². The highest BCUT2D eigenvalue weighted by molar-refractivity contribution is 7.13. The Labute approximate surface area is 185 Å². The van der Waals surface area contributed by atoms with Gasteiger partial charge in [-0.3, -0.25) is 4.79 Å². The van der Waals surface area contributed by atoms with Crippen LogP contribution in [0, 0.1) is 0 Å². The molecule has 1 fully saturated rings. The van der Waals surface area contributed by atoms with E-state index in [1.54, 1.807) is 6.08 Å². The molecule has 3 heterocycles. The second-order valence-corrected chi connectivity index (χ2v) is 8.66. The molecule has 0 spiro atoms. The van der Waals surface area contributed by atoms with Gasteiger partial charge >= 0.3 is 0 Å². The molecule has 0 N–H and O–H groups in total. The van der Waals surface area contributed by atoms with Crippen LogP contribution < -0.4 is 14.4 Å². The number of piperazine rings is 1. The zero-order valence-corrected chi connectivity index (χ0v) is 18.4. The number of allylic oxidation sites excluding steroid dienone is 1. The van der Waals surface area contributed by atoms with Crippen molar-refractivity contribution in [3.05, 3.63) is 54.1 Å². The third kappa shape index (κ3) is 4.10. The first kappa shape index (κ1) is 19.9. The Morgan fingerprint density at radius 1 is 1.03 bits per heavy atom. The molecule has 31 heavy (non-hydrogen) atoms. The van der Waals surface area contributed by atoms with E-state index < -0.39 is 0 Å². The maximum absolute atomic E-state index is 12.9. The summed E-state index contributed by atoms with van der Waals surface area (Å²) >= 11 is 1.53. The van der Waals surface area contributed by atoms with Crippen molar-refractivity contribution in [2.75, 3.05) is 44.3 Å². The molecule has 0 atom stereocenters. The van der Waals surface area contributed by atoms with Crippen LogP contribution in [0.2, 0.25) is 0 Å². The van der Waals surface area contributed by atoms with Gasteiger partial charge < -0.3 is 19.3 Å². The molecule has 2 aliphatic heterocycles. The summed E-state index contributed by atoms with van der Waals surface area (Å²) in [4.78, 5) is 17.1. The van der Waals surface area contributed by atoms with Crippen LogP contribution in [0.4, 0.5) is 5.82 Å². The molecule has 7 heteroatoms. The number of nitrogens with zero attached hydrogens (tertiary/aromatic N) is 3. The molecular formula is C24H25N3O3S. The monoisotopic (exact) mass is 435 g/mol. The number of aromatic nitrogens is 1. The van der Waals surface area contributed by atoms with Crippen molar-refractivity contribution in [3.8, 4) is 11.5 Å². The molecule has 1 amide bonds. The third-order valence-corrected chi connectivity index (χ3v) is 6.61. The van der Waals surface area contributed by atoms with Crippen molar-refractivity contribution in [1.29, 1.82) is 0 Å². The quantitative estimate of drug-likeness (QED) is 0.577. The molecule has 0 saturated carbocycles. The number of ether oxygens (including phenoxy) is 2. The van der Waals surface area contributed by atoms with Gasteiger partial charge in [-0.15, -0.1) is 0 Å². The largest absolute Gasteiger partial charge is 0.490 e. The van der Waals surface area contributed by atoms with Crippen LogP contribution in [0.5, 0.6) is 11.5 Å². The number of hydrogen-bond donors (Lipinski definition) is 0. The number of carbonyl (C=O) groups is 1. The maximum atomic E-state index is 12.9. The van der Waals surface area contributed by atoms with E-state index in [-0.39, 0.29) is 5.91 Å². The Morgan fingerprint density at radius 2 is 1.81 bits per heavy atom. The average Bonchev–Trinajstić information content (AvgIpc) is 3.09. The normalized spacial score (nSPS) is 17.0. The summed E-state index contributed by atoms with van der Waals surface area (Å²) in [5.41, 5.74) is 1.90. The van der Waals surface area contributed by atoms with Gasteiger partial charge in [0.15, 0.2) is 11.5 Å². The number of fused-ring (bicyclic) bond motifs is 2. The zero-order chi connectivity index (χ0) is 21.2. The summed E-state index contributed by atoms with van der Waals surface area (Å²) in [6.45, 7) is 6.24. The lowest BCUT2D eigenvalue weighted by Gasteiger charge is -2.34. The highest BCUT2D eigenvalue weighted by Crippen LogP contribution is 2.33. The molecule has 0 radical (unpaired) electrons. The number of rotatable bonds is 3. The Morgan fingerprint density at radius 3 is 2.65 bits per heavy atom. The van der Waals surface area contributed by atoms with Gasteiger partial charge in [-0.25, -0.2) is 0 Å². The fourth-order valence-electron chi connectivity index (χ4n) is 4.01. The van der Waals surface area contributed by atoms with Gasteiger partial charge in [-0.05, 0) is 53.9 Å². The van der Waals surface area contributed by atoms with Crippen molar-refractivity contribution < 1.29 is 14.3 Å². The van der Waals surface area contributed by atoms with Gasteiger partial charge in [0.05, 0.1) is 17.9 Å². The van der Waals surface area contributed by atoms with Gasteiger partial charge in [0.2, 0.25) is 5.91 Å². The summed E-state index contributed by atoms with van der Waals surface area (Å²) in [6.07, 6.45) is 2.60. The average molecular weight is 436 g/mol. The van der Waals surface area contributed by atoms with Crippen LogP contribution >= 0.6 is 11.5 Å². The van der Waals surface area contributed by atoms with Crippen molar-refractivity contribution in [1.82, 2.24) is 9.27 Å². The first-order chi connectivity index (χ1) is 15.2. The first-order valence-electron chi connectivity index (χ1n) is 10.7. The zero-order valence-electron chi connectivity index (χ0n) is 17.5. The van der Waals surface area contributed by atoms with E-state index >= 15 is 0 Å². The Hall–Kier alpha value is -3.06. The summed E-state index contributed by atoms with van der Waals surface area (Å²) in [7, 11) is 0. The van der Waals surface area contributed by atoms with Crippen LogP contribution in [-0.2, 0) is 4.79 Å². The van der Waals surface area contributed by atoms with Crippen molar-refractivity contribution in [2.45, 2.75) is 13.3 Å². The molecule has 6 nitrogen and oxygen atoms in total. The minimum atomic E-state index is 0.0485. The Kier molecular flexibility index (Phi) is 5.51. The van der Waals surface area contributed by atoms with Crippen LogP contribution in [0.25, 0.3) is 15.7 Å². The number of carbonyl (C=O) groups excluding carboxylic acids is 1. The van der Waals surface area contributed by atoms with E-state index in [9.17, 15) is 4.79 Å². The number of benzene rings is 2. The number of amides is 1. The van der Waals surface area contributed by atoms with Crippen molar-refractivity contribution >= 4 is 38.9 Å². The molecule has 2 aliphatic rings. The van der Waals surface area contributed by atoms with E-state index in [0.29, 0.717) is 26.3 Å². The molecular weight excluding hydrogens is 410 g/mol. The second-order valence-electron chi connectivity index (χ2n) is 7.85. The Balaban J connectivity index is 1.25. The molecule has 3 aromatic rings. The highest BCUT2D eigenvalue weighted by Gasteiger charge is 2.23. The van der Waals surface area contributed by atoms with E-state index in [1.165, 1.54) is 21.6 Å². The summed E-state index contributed by atoms with van der Waals surface area (Å²) in [5, 5.41) is 1.19. The predicted molar refractivity (Wildman–Crippen MR) is 124 cm³/mol. The predicted octanol–water partition coefficient (Wildman–Crippen LogP) is 4.21. The molecule has 1 saturated heterocycles. The summed E-state index contributed by atoms with van der Waals surface area (Å²) in [5.74, 6) is 2.60. The second kappa shape index (κ2) is 8.59. The lowest BCUT2D eigenvalue weighted by molar-refractivity contribution is -0.126. The Bertz CT molecular complexity index is 1130. The molecule has 160 valence electrons. The van der Waals surface area contributed by atoms with E-state index in [4.69, 9.17) is 9.47 Å². The van der Waals surface area contributed by atoms with Crippen LogP contribution in [0.1, 0.15) is 18.9 Å².